The Morgan fingerprint density at radius 2 is 0.620 bits per heavy atom. The van der Waals surface area contributed by atoms with Crippen LogP contribution in [0.1, 0.15) is 0 Å². The lowest BCUT2D eigenvalue weighted by molar-refractivity contribution is -0.396. The monoisotopic (exact) mass is 1350 g/mol. The van der Waals surface area contributed by atoms with Gasteiger partial charge in [-0.3, -0.25) is 4.18 Å². The van der Waals surface area contributed by atoms with Gasteiger partial charge in [-0.15, -0.1) is 0 Å². The van der Waals surface area contributed by atoms with Crippen LogP contribution < -0.4 is 0 Å². The number of azide groups is 1. The van der Waals surface area contributed by atoms with Crippen molar-refractivity contribution in [2.75, 3.05) is 46.2 Å². The largest absolute Gasteiger partial charge is 0.394 e. The van der Waals surface area contributed by atoms with E-state index in [1.807, 2.05) is 0 Å². The third-order valence-electron chi connectivity index (χ3n) is 17.2. The molecule has 19 N–H and O–H groups in total. The van der Waals surface area contributed by atoms with Crippen LogP contribution >= 0.6 is 0 Å². The number of rotatable bonds is 11. The molecular formula is C52H75N3O36S. The molecule has 92 heavy (non-hydrogen) atoms. The molecular weight excluding hydrogens is 1270 g/mol. The summed E-state index contributed by atoms with van der Waals surface area (Å²) in [4.78, 5) is 2.33. The van der Waals surface area contributed by atoms with Gasteiger partial charge in [0, 0.05) is 10.3 Å². The highest BCUT2D eigenvalue weighted by Gasteiger charge is 2.60. The van der Waals surface area contributed by atoms with Gasteiger partial charge in [-0.25, -0.2) is 0 Å². The van der Waals surface area contributed by atoms with E-state index in [0.29, 0.717) is 5.39 Å². The van der Waals surface area contributed by atoms with Gasteiger partial charge in [-0.05, 0) is 17.0 Å². The fourth-order valence-electron chi connectivity index (χ4n) is 12.3. The Morgan fingerprint density at radius 3 is 0.924 bits per heavy atom. The summed E-state index contributed by atoms with van der Waals surface area (Å²) in [6.45, 7) is -7.86. The van der Waals surface area contributed by atoms with Crippen LogP contribution in [0.2, 0.25) is 0 Å². The zero-order valence-electron chi connectivity index (χ0n) is 47.9. The van der Waals surface area contributed by atoms with Gasteiger partial charge >= 0.3 is 0 Å². The second-order valence-corrected chi connectivity index (χ2v) is 24.4. The molecule has 1 unspecified atom stereocenters. The minimum atomic E-state index is -5.17. The van der Waals surface area contributed by atoms with Crippen molar-refractivity contribution < 1.29 is 176 Å². The van der Waals surface area contributed by atoms with Crippen LogP contribution in [0.15, 0.2) is 52.5 Å². The van der Waals surface area contributed by atoms with Crippen molar-refractivity contribution in [1.29, 1.82) is 0 Å². The molecule has 0 amide bonds. The van der Waals surface area contributed by atoms with Gasteiger partial charge in [0.1, 0.15) is 170 Å². The highest BCUT2D eigenvalue weighted by molar-refractivity contribution is 7.87. The first-order chi connectivity index (χ1) is 44.0. The van der Waals surface area contributed by atoms with Crippen LogP contribution in [0, 0.1) is 0 Å². The molecule has 0 radical (unpaired) electrons. The number of ether oxygens (including phenoxy) is 14. The average molecular weight is 1350 g/mol. The molecule has 21 heterocycles. The Morgan fingerprint density at radius 1 is 0.359 bits per heavy atom. The first-order valence-corrected chi connectivity index (χ1v) is 30.4. The van der Waals surface area contributed by atoms with E-state index in [9.17, 15) is 111 Å². The number of nitrogens with zero attached hydrogens (tertiary/aromatic N) is 3. The summed E-state index contributed by atoms with van der Waals surface area (Å²) in [5, 5.41) is 217. The lowest BCUT2D eigenvalue weighted by Gasteiger charge is -2.50. The first kappa shape index (κ1) is 71.4. The van der Waals surface area contributed by atoms with Crippen molar-refractivity contribution >= 4 is 20.9 Å². The molecule has 40 heteroatoms. The summed E-state index contributed by atoms with van der Waals surface area (Å²) < 4.78 is 117. The summed E-state index contributed by atoms with van der Waals surface area (Å²) in [5.41, 5.74) is 10.1. The van der Waals surface area contributed by atoms with Crippen molar-refractivity contribution in [2.45, 2.75) is 220 Å². The zero-order valence-corrected chi connectivity index (χ0v) is 48.7. The number of benzene rings is 2. The minimum absolute atomic E-state index is 0.0925. The van der Waals surface area contributed by atoms with Crippen molar-refractivity contribution in [1.82, 2.24) is 0 Å². The Balaban J connectivity index is 1.000. The molecule has 39 nitrogen and oxygen atoms in total. The standard InChI is InChI=1S/C52H75N3O36S/c53-55-54-25-38-17(8-56)83-52(45(25)91-92(75,76)24-7-3-5-15-4-1-2-6-16(15)24)90-44-23(14-62)82-51(37(74)31(44)68)89-43-22(13-61)81-50(36(73)30(43)67)88-42-21(12-60)80-49(35(72)29(42)66)87-41-20(11-59)79-48(34(71)28(41)65)86-40-19(10-58)78-47(33(70)27(40)64)85-39-18(9-57)77-46(84-38)32(69)26(39)63/h1-7,17-23,25-52,56-74H,8-14H2/t17-,18-,19-,20-,21-,22-,23-,25-,26-,27-,28-,29-,30-,31-,32-,33-,34-,35?,36-,37-,38-,39-,40-,41-,42-,43-,44-,45+,46-,47-,48-,49-,50-,51-,52-/m1/s1. The van der Waals surface area contributed by atoms with E-state index in [-0.39, 0.29) is 5.39 Å². The van der Waals surface area contributed by atoms with Crippen LogP contribution in [-0.2, 0) is 80.6 Å². The van der Waals surface area contributed by atoms with Crippen molar-refractivity contribution in [3.8, 4) is 0 Å². The molecule has 0 spiro atoms. The number of hydrogen-bond donors (Lipinski definition) is 19. The van der Waals surface area contributed by atoms with Crippen LogP contribution in [0.3, 0.4) is 0 Å². The highest BCUT2D eigenvalue weighted by Crippen LogP contribution is 2.41. The SMILES string of the molecule is [N-]=[N+]=N[C@H]1[C@H](OS(=O)(=O)c2cccc3ccccc23)[C@H]2O[C@H]3[C@H](O)[C@@H](O)[C@@H](O[C@H]4[C@H](O)[C@@H](O)[C@@H](O[C@H]5[C@H](O)C(O)[C@@H](O[C@H]6[C@H](O)[C@@H](O)[C@@H](O[C@H]7[C@H](O)[C@@H](O)[C@@H](O[C@H]8[C@H](O)[C@@H](O)[C@@H](O[C@@H]1[C@@H](CO)O2)O[C@@H]8CO)O[C@@H]7CO)O[C@@H]6CO)O[C@@H]5CO)O[C@@H]4CO)O[C@@H]3CO. The predicted octanol–water partition coefficient (Wildman–Crippen LogP) is -11.3. The van der Waals surface area contributed by atoms with Crippen LogP contribution in [-0.4, -0.2) is 367 Å². The number of hydrogen-bond acceptors (Lipinski definition) is 37. The quantitative estimate of drug-likeness (QED) is 0.0430. The molecule has 2 aromatic carbocycles. The Bertz CT molecular complexity index is 2880. The summed E-state index contributed by atoms with van der Waals surface area (Å²) in [5.74, 6) is 0. The maximum Gasteiger partial charge on any atom is 0.298 e. The van der Waals surface area contributed by atoms with Crippen molar-refractivity contribution in [3.63, 3.8) is 0 Å². The van der Waals surface area contributed by atoms with E-state index in [4.69, 9.17) is 70.5 Å². The first-order valence-electron chi connectivity index (χ1n) is 29.0. The van der Waals surface area contributed by atoms with Crippen LogP contribution in [0.4, 0.5) is 0 Å². The van der Waals surface area contributed by atoms with Crippen molar-refractivity contribution in [2.24, 2.45) is 5.11 Å². The van der Waals surface area contributed by atoms with Crippen LogP contribution in [0.25, 0.3) is 21.2 Å². The molecule has 21 fully saturated rings. The predicted molar refractivity (Wildman–Crippen MR) is 285 cm³/mol. The second kappa shape index (κ2) is 30.2. The molecule has 23 rings (SSSR count). The normalized spacial score (nSPS) is 48.3. The fourth-order valence-corrected chi connectivity index (χ4v) is 13.6. The highest BCUT2D eigenvalue weighted by atomic mass is 32.2. The fraction of sp³-hybridized carbons (Fsp3) is 0.808. The zero-order chi connectivity index (χ0) is 66.4. The molecule has 2 aromatic rings. The second-order valence-electron chi connectivity index (χ2n) is 22.9. The van der Waals surface area contributed by atoms with Gasteiger partial charge in [0.15, 0.2) is 44.0 Å². The molecule has 21 aliphatic rings. The molecule has 0 aliphatic carbocycles. The Kier molecular flexibility index (Phi) is 23.4. The lowest BCUT2D eigenvalue weighted by Crippen LogP contribution is -2.68. The minimum Gasteiger partial charge on any atom is -0.394 e. The van der Waals surface area contributed by atoms with E-state index in [0.717, 1.165) is 6.07 Å². The molecule has 14 bridgehead atoms. The van der Waals surface area contributed by atoms with Gasteiger partial charge in [0.2, 0.25) is 0 Å². The maximum absolute atomic E-state index is 14.6. The lowest BCUT2D eigenvalue weighted by atomic mass is 9.94. The summed E-state index contributed by atoms with van der Waals surface area (Å²) >= 11 is 0. The molecule has 21 aliphatic heterocycles. The third kappa shape index (κ3) is 13.9. The molecule has 0 saturated carbocycles. The van der Waals surface area contributed by atoms with Gasteiger partial charge in [0.25, 0.3) is 10.1 Å². The third-order valence-corrected chi connectivity index (χ3v) is 18.6. The van der Waals surface area contributed by atoms with Gasteiger partial charge in [-0.2, -0.15) is 8.42 Å². The smallest absolute Gasteiger partial charge is 0.298 e. The number of aliphatic hydroxyl groups excluding tert-OH is 19. The van der Waals surface area contributed by atoms with E-state index >= 15 is 0 Å². The Labute approximate surface area is 519 Å². The summed E-state index contributed by atoms with van der Waals surface area (Å²) in [6.07, 6.45) is -71.6. The van der Waals surface area contributed by atoms with E-state index < -0.39 is 276 Å². The van der Waals surface area contributed by atoms with Gasteiger partial charge in [-0.1, -0.05) is 41.5 Å². The van der Waals surface area contributed by atoms with Gasteiger partial charge < -0.3 is 163 Å². The number of aliphatic hydroxyl groups is 19. The van der Waals surface area contributed by atoms with Crippen LogP contribution in [0.5, 0.6) is 0 Å². The van der Waals surface area contributed by atoms with E-state index in [2.05, 4.69) is 10.0 Å². The van der Waals surface area contributed by atoms with Gasteiger partial charge in [0.05, 0.1) is 52.3 Å². The average Bonchev–Trinajstić information content (AvgIpc) is 0.773. The molecule has 520 valence electrons. The van der Waals surface area contributed by atoms with E-state index in [1.165, 1.54) is 18.2 Å². The Hall–Kier alpha value is -3.40. The van der Waals surface area contributed by atoms with Crippen molar-refractivity contribution in [3.05, 3.63) is 52.9 Å². The topological polar surface area (TPSA) is 606 Å². The summed E-state index contributed by atoms with van der Waals surface area (Å²) in [7, 11) is -5.17. The molecule has 35 atom stereocenters. The molecule has 0 aromatic heterocycles. The van der Waals surface area contributed by atoms with E-state index in [1.54, 1.807) is 18.2 Å². The maximum atomic E-state index is 14.6. The summed E-state index contributed by atoms with van der Waals surface area (Å²) in [6, 6.07) is 7.99. The number of fused-ring (bicyclic) bond motifs is 1. The molecule has 21 saturated heterocycles.